The van der Waals surface area contributed by atoms with Crippen LogP contribution in [0.15, 0.2) is 33.2 Å². The number of thiophene rings is 1. The molecule has 3 atom stereocenters. The average Bonchev–Trinajstić information content (AvgIpc) is 3.37. The Morgan fingerprint density at radius 2 is 2.29 bits per heavy atom. The number of guanidine groups is 1. The van der Waals surface area contributed by atoms with Gasteiger partial charge in [-0.3, -0.25) is 4.21 Å². The number of oxazole rings is 1. The first-order valence-electron chi connectivity index (χ1n) is 9.59. The van der Waals surface area contributed by atoms with E-state index >= 15 is 0 Å². The Bertz CT molecular complexity index is 764. The lowest BCUT2D eigenvalue weighted by Gasteiger charge is -2.30. The van der Waals surface area contributed by atoms with Crippen molar-refractivity contribution >= 4 is 52.1 Å². The van der Waals surface area contributed by atoms with Gasteiger partial charge in [-0.15, -0.1) is 35.3 Å². The van der Waals surface area contributed by atoms with E-state index in [2.05, 4.69) is 27.5 Å². The lowest BCUT2D eigenvalue weighted by molar-refractivity contribution is 0.413. The second-order valence-electron chi connectivity index (χ2n) is 6.62. The van der Waals surface area contributed by atoms with Crippen LogP contribution in [0, 0.1) is 0 Å². The molecule has 0 bridgehead atoms. The van der Waals surface area contributed by atoms with Crippen LogP contribution in [0.5, 0.6) is 0 Å². The summed E-state index contributed by atoms with van der Waals surface area (Å²) in [6, 6.07) is 4.30. The maximum absolute atomic E-state index is 12.2. The molecule has 2 N–H and O–H groups in total. The minimum Gasteiger partial charge on any atom is -0.443 e. The normalized spacial score (nSPS) is 21.0. The molecule has 0 amide bonds. The summed E-state index contributed by atoms with van der Waals surface area (Å²) in [5.74, 6) is 2.17. The predicted octanol–water partition coefficient (Wildman–Crippen LogP) is 4.16. The molecule has 1 aliphatic carbocycles. The first-order chi connectivity index (χ1) is 13.2. The Kier molecular flexibility index (Phi) is 9.93. The van der Waals surface area contributed by atoms with Crippen molar-refractivity contribution in [1.29, 1.82) is 0 Å². The van der Waals surface area contributed by atoms with Crippen molar-refractivity contribution in [2.45, 2.75) is 57.4 Å². The van der Waals surface area contributed by atoms with Crippen LogP contribution in [0.2, 0.25) is 0 Å². The van der Waals surface area contributed by atoms with Gasteiger partial charge in [0, 0.05) is 34.4 Å². The summed E-state index contributed by atoms with van der Waals surface area (Å²) in [4.78, 5) is 10.2. The van der Waals surface area contributed by atoms with Gasteiger partial charge < -0.3 is 15.1 Å². The summed E-state index contributed by atoms with van der Waals surface area (Å²) >= 11 is 1.61. The SMILES string of the molecule is CCNC(=NCc1coc(-c2cccs2)n1)NC1CCCC(S(=O)CC)C1.I. The fraction of sp³-hybridized carbons (Fsp3) is 0.579. The minimum atomic E-state index is -0.720. The van der Waals surface area contributed by atoms with E-state index < -0.39 is 10.8 Å². The van der Waals surface area contributed by atoms with Crippen molar-refractivity contribution < 1.29 is 8.63 Å². The van der Waals surface area contributed by atoms with Gasteiger partial charge in [0.25, 0.3) is 0 Å². The highest BCUT2D eigenvalue weighted by Crippen LogP contribution is 2.24. The molecule has 2 aromatic heterocycles. The molecule has 3 rings (SSSR count). The van der Waals surface area contributed by atoms with Crippen LogP contribution in [0.25, 0.3) is 10.8 Å². The topological polar surface area (TPSA) is 79.5 Å². The number of rotatable bonds is 7. The second kappa shape index (κ2) is 11.9. The van der Waals surface area contributed by atoms with Gasteiger partial charge in [0.2, 0.25) is 5.89 Å². The van der Waals surface area contributed by atoms with Crippen LogP contribution in [0.1, 0.15) is 45.2 Å². The standard InChI is InChI=1S/C19H28N4O2S2.HI/c1-3-20-19(23-14-7-5-8-16(11-14)27(24)4-2)21-12-15-13-25-18(22-15)17-9-6-10-26-17;/h6,9-10,13-14,16H,3-5,7-8,11-12H2,1-2H3,(H2,20,21,23);1H. The number of hydrogen-bond acceptors (Lipinski definition) is 5. The first kappa shape index (κ1) is 23.3. The largest absolute Gasteiger partial charge is 0.443 e. The van der Waals surface area contributed by atoms with E-state index in [1.54, 1.807) is 17.6 Å². The zero-order valence-electron chi connectivity index (χ0n) is 16.3. The van der Waals surface area contributed by atoms with Gasteiger partial charge in [-0.25, -0.2) is 9.98 Å². The van der Waals surface area contributed by atoms with E-state index in [1.807, 2.05) is 24.4 Å². The van der Waals surface area contributed by atoms with Crippen LogP contribution in [-0.4, -0.2) is 38.7 Å². The number of aromatic nitrogens is 1. The molecule has 3 unspecified atom stereocenters. The van der Waals surface area contributed by atoms with E-state index in [4.69, 9.17) is 4.42 Å². The van der Waals surface area contributed by atoms with Gasteiger partial charge in [0.05, 0.1) is 11.4 Å². The van der Waals surface area contributed by atoms with E-state index in [1.165, 1.54) is 0 Å². The molecule has 2 aromatic rings. The van der Waals surface area contributed by atoms with Crippen LogP contribution < -0.4 is 10.6 Å². The quantitative estimate of drug-likeness (QED) is 0.316. The van der Waals surface area contributed by atoms with Gasteiger partial charge in [-0.2, -0.15) is 0 Å². The van der Waals surface area contributed by atoms with Crippen molar-refractivity contribution in [3.05, 3.63) is 29.5 Å². The van der Waals surface area contributed by atoms with Crippen LogP contribution in [-0.2, 0) is 17.3 Å². The number of halogens is 1. The molecule has 6 nitrogen and oxygen atoms in total. The van der Waals surface area contributed by atoms with Gasteiger partial charge in [0.15, 0.2) is 5.96 Å². The van der Waals surface area contributed by atoms with Gasteiger partial charge in [0.1, 0.15) is 12.0 Å². The van der Waals surface area contributed by atoms with Crippen molar-refractivity contribution in [3.63, 3.8) is 0 Å². The molecule has 9 heteroatoms. The second-order valence-corrected chi connectivity index (χ2v) is 9.57. The highest BCUT2D eigenvalue weighted by molar-refractivity contribution is 14.0. The summed E-state index contributed by atoms with van der Waals surface area (Å²) in [5, 5.41) is 9.12. The molecule has 2 heterocycles. The Morgan fingerprint density at radius 3 is 3.00 bits per heavy atom. The summed E-state index contributed by atoms with van der Waals surface area (Å²) in [5.41, 5.74) is 0.809. The third-order valence-corrected chi connectivity index (χ3v) is 7.25. The lowest BCUT2D eigenvalue weighted by Crippen LogP contribution is -2.46. The molecule has 1 saturated carbocycles. The summed E-state index contributed by atoms with van der Waals surface area (Å²) in [7, 11) is -0.720. The monoisotopic (exact) mass is 536 g/mol. The third kappa shape index (κ3) is 6.55. The lowest BCUT2D eigenvalue weighted by atomic mass is 9.95. The van der Waals surface area contributed by atoms with Gasteiger partial charge >= 0.3 is 0 Å². The zero-order chi connectivity index (χ0) is 19.1. The molecule has 0 radical (unpaired) electrons. The summed E-state index contributed by atoms with van der Waals surface area (Å²) < 4.78 is 17.7. The zero-order valence-corrected chi connectivity index (χ0v) is 20.3. The first-order valence-corrected chi connectivity index (χ1v) is 11.9. The summed E-state index contributed by atoms with van der Waals surface area (Å²) in [6.45, 7) is 5.31. The molecule has 1 aliphatic rings. The molecule has 156 valence electrons. The molecule has 0 spiro atoms. The predicted molar refractivity (Wildman–Crippen MR) is 128 cm³/mol. The van der Waals surface area contributed by atoms with Gasteiger partial charge in [-0.05, 0) is 37.6 Å². The fourth-order valence-corrected chi connectivity index (χ4v) is 5.32. The Morgan fingerprint density at radius 1 is 1.43 bits per heavy atom. The molecule has 1 fully saturated rings. The molecule has 0 aliphatic heterocycles. The average molecular weight is 537 g/mol. The van der Waals surface area contributed by atoms with Crippen molar-refractivity contribution in [2.24, 2.45) is 4.99 Å². The van der Waals surface area contributed by atoms with E-state index in [0.29, 0.717) is 23.7 Å². The van der Waals surface area contributed by atoms with Crippen LogP contribution in [0.3, 0.4) is 0 Å². The highest BCUT2D eigenvalue weighted by Gasteiger charge is 2.26. The number of hydrogen-bond donors (Lipinski definition) is 2. The smallest absolute Gasteiger partial charge is 0.236 e. The molecule has 0 saturated heterocycles. The Balaban J connectivity index is 0.00000280. The maximum atomic E-state index is 12.2. The van der Waals surface area contributed by atoms with Crippen LogP contribution in [0.4, 0.5) is 0 Å². The highest BCUT2D eigenvalue weighted by atomic mass is 127. The fourth-order valence-electron chi connectivity index (χ4n) is 3.32. The van der Waals surface area contributed by atoms with Gasteiger partial charge in [-0.1, -0.05) is 19.4 Å². The van der Waals surface area contributed by atoms with Crippen LogP contribution >= 0.6 is 35.3 Å². The third-order valence-electron chi connectivity index (χ3n) is 4.65. The number of nitrogens with zero attached hydrogens (tertiary/aromatic N) is 2. The molecule has 28 heavy (non-hydrogen) atoms. The summed E-state index contributed by atoms with van der Waals surface area (Å²) in [6.07, 6.45) is 5.88. The minimum absolute atomic E-state index is 0. The molecule has 0 aromatic carbocycles. The van der Waals surface area contributed by atoms with Crippen molar-refractivity contribution in [1.82, 2.24) is 15.6 Å². The number of nitrogens with one attached hydrogen (secondary N) is 2. The van der Waals surface area contributed by atoms with Crippen molar-refractivity contribution in [3.8, 4) is 10.8 Å². The van der Waals surface area contributed by atoms with E-state index in [9.17, 15) is 4.21 Å². The Hall–Kier alpha value is -0.940. The van der Waals surface area contributed by atoms with Crippen molar-refractivity contribution in [2.75, 3.05) is 12.3 Å². The van der Waals surface area contributed by atoms with E-state index in [0.717, 1.165) is 54.5 Å². The molecular formula is C19H29IN4O2S2. The Labute approximate surface area is 190 Å². The molecular weight excluding hydrogens is 507 g/mol. The number of aliphatic imine (C=N–C) groups is 1. The maximum Gasteiger partial charge on any atom is 0.236 e. The van der Waals surface area contributed by atoms with E-state index in [-0.39, 0.29) is 24.0 Å².